The Kier molecular flexibility index (Phi) is 166. The first kappa shape index (κ1) is 34.9. The molecular formula is H3Br3Nb. The molecule has 0 amide bonds. The molecule has 29 valence electrons. The molecule has 0 aromatic heterocycles. The molecular weight excluding hydrogens is 333 g/mol. The van der Waals surface area contributed by atoms with Crippen molar-refractivity contribution in [2.45, 2.75) is 0 Å². The Morgan fingerprint density at radius 1 is 0.500 bits per heavy atom. The van der Waals surface area contributed by atoms with Gasteiger partial charge in [0.15, 0.2) is 0 Å². The zero-order chi connectivity index (χ0) is 0. The summed E-state index contributed by atoms with van der Waals surface area (Å²) in [6, 6.07) is 0. The van der Waals surface area contributed by atoms with E-state index in [1.54, 1.807) is 0 Å². The van der Waals surface area contributed by atoms with Crippen LogP contribution in [0.4, 0.5) is 0 Å². The Hall–Kier alpha value is 2.18. The molecule has 0 N–H and O–H groups in total. The van der Waals surface area contributed by atoms with E-state index in [4.69, 9.17) is 0 Å². The van der Waals surface area contributed by atoms with Crippen molar-refractivity contribution < 1.29 is 22.4 Å². The molecule has 4 heavy (non-hydrogen) atoms. The van der Waals surface area contributed by atoms with Gasteiger partial charge < -0.3 is 0 Å². The summed E-state index contributed by atoms with van der Waals surface area (Å²) < 4.78 is 0. The van der Waals surface area contributed by atoms with Crippen LogP contribution in [0.25, 0.3) is 0 Å². The molecule has 0 spiro atoms. The molecule has 0 aromatic carbocycles. The largest absolute Gasteiger partial charge is 0.114 e. The van der Waals surface area contributed by atoms with Gasteiger partial charge in [-0.15, -0.1) is 50.9 Å². The molecule has 4 heteroatoms. The van der Waals surface area contributed by atoms with Crippen LogP contribution in [0.2, 0.25) is 0 Å². The van der Waals surface area contributed by atoms with Crippen LogP contribution in [-0.4, -0.2) is 0 Å². The maximum Gasteiger partial charge on any atom is 0 e. The zero-order valence-corrected chi connectivity index (χ0v) is 9.01. The summed E-state index contributed by atoms with van der Waals surface area (Å²) in [5.74, 6) is 0. The van der Waals surface area contributed by atoms with Gasteiger partial charge in [0, 0.05) is 22.4 Å². The minimum atomic E-state index is 0. The SMILES string of the molecule is Br.Br.Br.[Nb]. The number of hydrogen-bond acceptors (Lipinski definition) is 0. The van der Waals surface area contributed by atoms with E-state index >= 15 is 0 Å². The van der Waals surface area contributed by atoms with Crippen LogP contribution in [-0.2, 0) is 22.4 Å². The van der Waals surface area contributed by atoms with Gasteiger partial charge in [0.05, 0.1) is 0 Å². The van der Waals surface area contributed by atoms with Crippen LogP contribution in [0.1, 0.15) is 0 Å². The van der Waals surface area contributed by atoms with Gasteiger partial charge in [0.1, 0.15) is 0 Å². The van der Waals surface area contributed by atoms with Gasteiger partial charge in [-0.25, -0.2) is 0 Å². The minimum Gasteiger partial charge on any atom is -0.114 e. The Labute approximate surface area is 72.5 Å². The quantitative estimate of drug-likeness (QED) is 0.592. The third kappa shape index (κ3) is 8.89. The molecule has 0 rings (SSSR count). The van der Waals surface area contributed by atoms with Crippen molar-refractivity contribution >= 4 is 50.9 Å². The van der Waals surface area contributed by atoms with Crippen LogP contribution in [0.3, 0.4) is 0 Å². The molecule has 0 aromatic rings. The van der Waals surface area contributed by atoms with Crippen molar-refractivity contribution in [3.05, 3.63) is 0 Å². The van der Waals surface area contributed by atoms with Crippen LogP contribution in [0, 0.1) is 0 Å². The van der Waals surface area contributed by atoms with Crippen LogP contribution >= 0.6 is 50.9 Å². The summed E-state index contributed by atoms with van der Waals surface area (Å²) in [5.41, 5.74) is 0. The molecule has 0 aliphatic heterocycles. The maximum atomic E-state index is 0. The molecule has 0 nitrogen and oxygen atoms in total. The standard InChI is InChI=1S/3BrH.Nb/h3*1H;. The Balaban J connectivity index is 0. The van der Waals surface area contributed by atoms with Crippen molar-refractivity contribution in [2.24, 2.45) is 0 Å². The molecule has 0 heterocycles. The summed E-state index contributed by atoms with van der Waals surface area (Å²) in [4.78, 5) is 0. The summed E-state index contributed by atoms with van der Waals surface area (Å²) in [5, 5.41) is 0. The Morgan fingerprint density at radius 2 is 0.500 bits per heavy atom. The smallest absolute Gasteiger partial charge is 0 e. The normalized spacial score (nSPS) is 0. The zero-order valence-electron chi connectivity index (χ0n) is 1.67. The van der Waals surface area contributed by atoms with Crippen LogP contribution in [0.5, 0.6) is 0 Å². The van der Waals surface area contributed by atoms with Gasteiger partial charge in [-0.3, -0.25) is 0 Å². The van der Waals surface area contributed by atoms with Crippen molar-refractivity contribution in [1.29, 1.82) is 0 Å². The second kappa shape index (κ2) is 19.0. The number of halogens is 3. The van der Waals surface area contributed by atoms with Gasteiger partial charge in [-0.05, 0) is 0 Å². The van der Waals surface area contributed by atoms with E-state index < -0.39 is 0 Å². The van der Waals surface area contributed by atoms with Gasteiger partial charge in [-0.2, -0.15) is 0 Å². The fourth-order valence-corrected chi connectivity index (χ4v) is 0. The predicted octanol–water partition coefficient (Wildman–Crippen LogP) is 1.73. The summed E-state index contributed by atoms with van der Waals surface area (Å²) in [6.07, 6.45) is 0. The molecule has 0 bridgehead atoms. The summed E-state index contributed by atoms with van der Waals surface area (Å²) in [7, 11) is 0. The van der Waals surface area contributed by atoms with E-state index in [0.717, 1.165) is 0 Å². The van der Waals surface area contributed by atoms with Crippen molar-refractivity contribution in [1.82, 2.24) is 0 Å². The van der Waals surface area contributed by atoms with Crippen LogP contribution < -0.4 is 0 Å². The third-order valence-corrected chi connectivity index (χ3v) is 0. The van der Waals surface area contributed by atoms with E-state index in [-0.39, 0.29) is 73.3 Å². The summed E-state index contributed by atoms with van der Waals surface area (Å²) >= 11 is 0. The van der Waals surface area contributed by atoms with E-state index in [9.17, 15) is 0 Å². The molecule has 0 saturated carbocycles. The Morgan fingerprint density at radius 3 is 0.500 bits per heavy atom. The fourth-order valence-electron chi connectivity index (χ4n) is 0. The van der Waals surface area contributed by atoms with Crippen LogP contribution in [0.15, 0.2) is 0 Å². The maximum absolute atomic E-state index is 0. The molecule has 0 aliphatic carbocycles. The minimum absolute atomic E-state index is 0. The van der Waals surface area contributed by atoms with Gasteiger partial charge in [0.25, 0.3) is 0 Å². The molecule has 1 radical (unpaired) electrons. The molecule has 0 saturated heterocycles. The van der Waals surface area contributed by atoms with Crippen molar-refractivity contribution in [3.63, 3.8) is 0 Å². The van der Waals surface area contributed by atoms with E-state index in [0.29, 0.717) is 0 Å². The topological polar surface area (TPSA) is 0 Å². The van der Waals surface area contributed by atoms with Crippen molar-refractivity contribution in [3.8, 4) is 0 Å². The molecule has 0 aliphatic rings. The molecule has 0 unspecified atom stereocenters. The fraction of sp³-hybridized carbons (Fsp3) is 0. The van der Waals surface area contributed by atoms with E-state index in [2.05, 4.69) is 0 Å². The molecule has 0 atom stereocenters. The first-order valence-electron chi connectivity index (χ1n) is 0. The summed E-state index contributed by atoms with van der Waals surface area (Å²) in [6.45, 7) is 0. The van der Waals surface area contributed by atoms with Gasteiger partial charge in [0.2, 0.25) is 0 Å². The Bertz CT molecular complexity index is 3.25. The number of rotatable bonds is 0. The third-order valence-electron chi connectivity index (χ3n) is 0. The first-order valence-corrected chi connectivity index (χ1v) is 0. The molecule has 0 fully saturated rings. The second-order valence-corrected chi connectivity index (χ2v) is 0. The van der Waals surface area contributed by atoms with Gasteiger partial charge in [-0.1, -0.05) is 0 Å². The average molecular weight is 336 g/mol. The van der Waals surface area contributed by atoms with E-state index in [1.807, 2.05) is 0 Å². The average Bonchev–Trinajstić information content (AvgIpc) is 0. The number of hydrogen-bond donors (Lipinski definition) is 0. The monoisotopic (exact) mass is 333 g/mol. The first-order chi connectivity index (χ1) is 0. The predicted molar refractivity (Wildman–Crippen MR) is 31.0 cm³/mol. The van der Waals surface area contributed by atoms with Crippen molar-refractivity contribution in [2.75, 3.05) is 0 Å². The second-order valence-electron chi connectivity index (χ2n) is 0. The van der Waals surface area contributed by atoms with E-state index in [1.165, 1.54) is 0 Å². The van der Waals surface area contributed by atoms with Gasteiger partial charge >= 0.3 is 0 Å².